The summed E-state index contributed by atoms with van der Waals surface area (Å²) in [5.74, 6) is -0.137. The van der Waals surface area contributed by atoms with Crippen LogP contribution in [0.4, 0.5) is 5.69 Å². The lowest BCUT2D eigenvalue weighted by molar-refractivity contribution is -0.115. The smallest absolute Gasteiger partial charge is 0.264 e. The predicted octanol–water partition coefficient (Wildman–Crippen LogP) is 4.89. The number of aromatic nitrogens is 1. The molecule has 1 N–H and O–H groups in total. The van der Waals surface area contributed by atoms with E-state index in [-0.39, 0.29) is 5.91 Å². The van der Waals surface area contributed by atoms with Gasteiger partial charge in [0.05, 0.1) is 16.1 Å². The van der Waals surface area contributed by atoms with E-state index in [9.17, 15) is 4.79 Å². The van der Waals surface area contributed by atoms with Crippen molar-refractivity contribution in [3.8, 4) is 0 Å². The number of aliphatic imine (C=N–C) groups is 1. The highest BCUT2D eigenvalue weighted by Gasteiger charge is 2.24. The Morgan fingerprint density at radius 2 is 2.00 bits per heavy atom. The molecular formula is C19H12BrN3OS. The van der Waals surface area contributed by atoms with E-state index in [4.69, 9.17) is 0 Å². The molecule has 122 valence electrons. The average Bonchev–Trinajstić information content (AvgIpc) is 2.96. The van der Waals surface area contributed by atoms with E-state index in [1.165, 1.54) is 11.8 Å². The molecule has 1 fully saturated rings. The van der Waals surface area contributed by atoms with Gasteiger partial charge in [0, 0.05) is 16.1 Å². The van der Waals surface area contributed by atoms with Gasteiger partial charge >= 0.3 is 0 Å². The van der Waals surface area contributed by atoms with Gasteiger partial charge in [0.25, 0.3) is 5.91 Å². The summed E-state index contributed by atoms with van der Waals surface area (Å²) in [5, 5.41) is 4.43. The number of hydrogen-bond donors (Lipinski definition) is 1. The Labute approximate surface area is 157 Å². The topological polar surface area (TPSA) is 54.4 Å². The quantitative estimate of drug-likeness (QED) is 0.613. The molecule has 4 nitrogen and oxygen atoms in total. The molecule has 1 aliphatic heterocycles. The Morgan fingerprint density at radius 3 is 2.88 bits per heavy atom. The van der Waals surface area contributed by atoms with Crippen LogP contribution in [0.3, 0.4) is 0 Å². The standard InChI is InChI=1S/C19H12BrN3OS/c20-14-5-1-2-6-16(14)22-19-23-18(24)17(25-19)11-12-7-8-15-13(10-12)4-3-9-21-15/h1-11H,(H,22,23,24)/b17-11-. The zero-order chi connectivity index (χ0) is 17.2. The molecule has 3 aromatic rings. The van der Waals surface area contributed by atoms with Crippen molar-refractivity contribution >= 4 is 61.4 Å². The first kappa shape index (κ1) is 16.1. The molecule has 2 heterocycles. The molecule has 1 saturated heterocycles. The maximum absolute atomic E-state index is 12.2. The first-order valence-corrected chi connectivity index (χ1v) is 9.19. The van der Waals surface area contributed by atoms with Crippen LogP contribution in [0.15, 0.2) is 75.2 Å². The predicted molar refractivity (Wildman–Crippen MR) is 107 cm³/mol. The molecule has 0 radical (unpaired) electrons. The van der Waals surface area contributed by atoms with E-state index in [1.54, 1.807) is 6.20 Å². The number of para-hydroxylation sites is 1. The van der Waals surface area contributed by atoms with Crippen LogP contribution in [0.5, 0.6) is 0 Å². The first-order valence-electron chi connectivity index (χ1n) is 7.58. The van der Waals surface area contributed by atoms with Gasteiger partial charge in [0.2, 0.25) is 0 Å². The Hall–Kier alpha value is -2.44. The van der Waals surface area contributed by atoms with Gasteiger partial charge < -0.3 is 5.32 Å². The van der Waals surface area contributed by atoms with Crippen LogP contribution in [0, 0.1) is 0 Å². The lowest BCUT2D eigenvalue weighted by Gasteiger charge is -1.99. The Morgan fingerprint density at radius 1 is 1.12 bits per heavy atom. The van der Waals surface area contributed by atoms with E-state index in [1.807, 2.05) is 60.7 Å². The number of thioether (sulfide) groups is 1. The summed E-state index contributed by atoms with van der Waals surface area (Å²) in [7, 11) is 0. The van der Waals surface area contributed by atoms with Crippen molar-refractivity contribution in [3.05, 3.63) is 75.7 Å². The second-order valence-corrected chi connectivity index (χ2v) is 7.27. The van der Waals surface area contributed by atoms with Gasteiger partial charge in [-0.2, -0.15) is 0 Å². The lowest BCUT2D eigenvalue weighted by Crippen LogP contribution is -2.19. The number of carbonyl (C=O) groups excluding carboxylic acids is 1. The number of amidine groups is 1. The van der Waals surface area contributed by atoms with Crippen molar-refractivity contribution in [1.29, 1.82) is 0 Å². The number of benzene rings is 2. The number of pyridine rings is 1. The Kier molecular flexibility index (Phi) is 4.38. The number of rotatable bonds is 2. The number of fused-ring (bicyclic) bond motifs is 1. The SMILES string of the molecule is O=C1N/C(=N/c2ccccc2Br)S/C1=C\c1ccc2ncccc2c1. The zero-order valence-electron chi connectivity index (χ0n) is 12.9. The third kappa shape index (κ3) is 3.50. The lowest BCUT2D eigenvalue weighted by atomic mass is 10.1. The summed E-state index contributed by atoms with van der Waals surface area (Å²) < 4.78 is 0.886. The maximum atomic E-state index is 12.2. The molecule has 0 spiro atoms. The highest BCUT2D eigenvalue weighted by atomic mass is 79.9. The van der Waals surface area contributed by atoms with Crippen LogP contribution in [0.25, 0.3) is 17.0 Å². The molecule has 0 atom stereocenters. The average molecular weight is 410 g/mol. The van der Waals surface area contributed by atoms with Crippen LogP contribution in [0.2, 0.25) is 0 Å². The van der Waals surface area contributed by atoms with E-state index in [2.05, 4.69) is 31.2 Å². The molecule has 6 heteroatoms. The second kappa shape index (κ2) is 6.82. The second-order valence-electron chi connectivity index (χ2n) is 5.39. The summed E-state index contributed by atoms with van der Waals surface area (Å²) in [4.78, 5) is 21.6. The largest absolute Gasteiger partial charge is 0.300 e. The molecule has 0 aliphatic carbocycles. The summed E-state index contributed by atoms with van der Waals surface area (Å²) in [6.45, 7) is 0. The number of amides is 1. The Balaban J connectivity index is 1.63. The third-order valence-electron chi connectivity index (χ3n) is 3.65. The number of hydrogen-bond acceptors (Lipinski definition) is 4. The van der Waals surface area contributed by atoms with Gasteiger partial charge in [0.1, 0.15) is 0 Å². The highest BCUT2D eigenvalue weighted by Crippen LogP contribution is 2.31. The minimum Gasteiger partial charge on any atom is -0.300 e. The van der Waals surface area contributed by atoms with Gasteiger partial charge in [-0.3, -0.25) is 9.78 Å². The molecule has 0 unspecified atom stereocenters. The number of nitrogens with one attached hydrogen (secondary N) is 1. The third-order valence-corrected chi connectivity index (χ3v) is 5.23. The summed E-state index contributed by atoms with van der Waals surface area (Å²) >= 11 is 4.80. The van der Waals surface area contributed by atoms with Crippen LogP contribution in [-0.2, 0) is 4.79 Å². The summed E-state index contributed by atoms with van der Waals surface area (Å²) in [5.41, 5.74) is 2.67. The number of carbonyl (C=O) groups is 1. The van der Waals surface area contributed by atoms with Gasteiger partial charge in [-0.05, 0) is 69.7 Å². The maximum Gasteiger partial charge on any atom is 0.264 e. The Bertz CT molecular complexity index is 1050. The van der Waals surface area contributed by atoms with Crippen molar-refractivity contribution in [2.24, 2.45) is 4.99 Å². The van der Waals surface area contributed by atoms with Crippen molar-refractivity contribution in [2.45, 2.75) is 0 Å². The molecular weight excluding hydrogens is 398 g/mol. The molecule has 1 aliphatic rings. The monoisotopic (exact) mass is 409 g/mol. The van der Waals surface area contributed by atoms with Crippen molar-refractivity contribution in [1.82, 2.24) is 10.3 Å². The van der Waals surface area contributed by atoms with Crippen LogP contribution >= 0.6 is 27.7 Å². The molecule has 25 heavy (non-hydrogen) atoms. The molecule has 2 aromatic carbocycles. The van der Waals surface area contributed by atoms with Crippen LogP contribution < -0.4 is 5.32 Å². The van der Waals surface area contributed by atoms with Crippen LogP contribution in [-0.4, -0.2) is 16.1 Å². The van der Waals surface area contributed by atoms with E-state index in [0.29, 0.717) is 10.1 Å². The minimum absolute atomic E-state index is 0.137. The number of halogens is 1. The van der Waals surface area contributed by atoms with Gasteiger partial charge in [-0.25, -0.2) is 4.99 Å². The normalized spacial score (nSPS) is 17.4. The molecule has 0 saturated carbocycles. The molecule has 1 aromatic heterocycles. The molecule has 4 rings (SSSR count). The van der Waals surface area contributed by atoms with Gasteiger partial charge in [0.15, 0.2) is 5.17 Å². The van der Waals surface area contributed by atoms with E-state index in [0.717, 1.165) is 26.6 Å². The van der Waals surface area contributed by atoms with Gasteiger partial charge in [-0.15, -0.1) is 0 Å². The van der Waals surface area contributed by atoms with Crippen LogP contribution in [0.1, 0.15) is 5.56 Å². The van der Waals surface area contributed by atoms with Crippen molar-refractivity contribution < 1.29 is 4.79 Å². The van der Waals surface area contributed by atoms with Crippen molar-refractivity contribution in [2.75, 3.05) is 0 Å². The van der Waals surface area contributed by atoms with E-state index >= 15 is 0 Å². The number of nitrogens with zero attached hydrogens (tertiary/aromatic N) is 2. The fourth-order valence-corrected chi connectivity index (χ4v) is 3.68. The molecule has 0 bridgehead atoms. The summed E-state index contributed by atoms with van der Waals surface area (Å²) in [6, 6.07) is 17.5. The zero-order valence-corrected chi connectivity index (χ0v) is 15.3. The minimum atomic E-state index is -0.137. The van der Waals surface area contributed by atoms with Crippen molar-refractivity contribution in [3.63, 3.8) is 0 Å². The first-order chi connectivity index (χ1) is 12.2. The van der Waals surface area contributed by atoms with E-state index < -0.39 is 0 Å². The molecule has 1 amide bonds. The fourth-order valence-electron chi connectivity index (χ4n) is 2.47. The van der Waals surface area contributed by atoms with Gasteiger partial charge in [-0.1, -0.05) is 24.3 Å². The fraction of sp³-hybridized carbons (Fsp3) is 0. The summed E-state index contributed by atoms with van der Waals surface area (Å²) in [6.07, 6.45) is 3.64. The highest BCUT2D eigenvalue weighted by molar-refractivity contribution is 9.10.